The first-order valence-electron chi connectivity index (χ1n) is 11.2. The minimum absolute atomic E-state index is 0.0119. The van der Waals surface area contributed by atoms with Crippen LogP contribution in [-0.4, -0.2) is 66.9 Å². The number of carbonyl (C=O) groups is 3. The Balaban J connectivity index is 1.46. The Kier molecular flexibility index (Phi) is 8.77. The van der Waals surface area contributed by atoms with Crippen molar-refractivity contribution in [3.63, 3.8) is 0 Å². The van der Waals surface area contributed by atoms with Crippen LogP contribution >= 0.6 is 0 Å². The average Bonchev–Trinajstić information content (AvgIpc) is 2.83. The molecule has 1 aromatic heterocycles. The minimum Gasteiger partial charge on any atom is -0.456 e. The lowest BCUT2D eigenvalue weighted by Gasteiger charge is -2.31. The summed E-state index contributed by atoms with van der Waals surface area (Å²) in [6, 6.07) is 12.0. The second-order valence-corrected chi connectivity index (χ2v) is 10.3. The first kappa shape index (κ1) is 26.1. The maximum absolute atomic E-state index is 12.8. The van der Waals surface area contributed by atoms with Gasteiger partial charge in [-0.25, -0.2) is 18.2 Å². The molecule has 2 heterocycles. The van der Waals surface area contributed by atoms with E-state index in [1.165, 1.54) is 18.3 Å². The van der Waals surface area contributed by atoms with Gasteiger partial charge in [0.05, 0.1) is 29.8 Å². The van der Waals surface area contributed by atoms with E-state index in [4.69, 9.17) is 4.74 Å². The summed E-state index contributed by atoms with van der Waals surface area (Å²) in [4.78, 5) is 41.5. The molecule has 0 bridgehead atoms. The lowest BCUT2D eigenvalue weighted by Crippen LogP contribution is -2.43. The van der Waals surface area contributed by atoms with E-state index >= 15 is 0 Å². The summed E-state index contributed by atoms with van der Waals surface area (Å²) in [6.07, 6.45) is 1.68. The van der Waals surface area contributed by atoms with Crippen LogP contribution in [0, 0.1) is 0 Å². The van der Waals surface area contributed by atoms with E-state index in [1.54, 1.807) is 26.0 Å². The third-order valence-electron chi connectivity index (χ3n) is 5.29. The number of ketones is 1. The van der Waals surface area contributed by atoms with E-state index in [9.17, 15) is 22.8 Å². The third kappa shape index (κ3) is 7.76. The van der Waals surface area contributed by atoms with Crippen molar-refractivity contribution in [3.05, 3.63) is 54.2 Å². The number of nitrogens with one attached hydrogen (secondary N) is 3. The number of nitrogens with zero attached hydrogens (tertiary/aromatic N) is 2. The minimum atomic E-state index is -3.65. The summed E-state index contributed by atoms with van der Waals surface area (Å²) < 4.78 is 32.9. The molecule has 3 N–H and O–H groups in total. The van der Waals surface area contributed by atoms with Crippen LogP contribution in [0.2, 0.25) is 0 Å². The van der Waals surface area contributed by atoms with Crippen LogP contribution in [0.5, 0.6) is 0 Å². The summed E-state index contributed by atoms with van der Waals surface area (Å²) in [5.74, 6) is -1.80. The molecule has 11 nitrogen and oxygen atoms in total. The van der Waals surface area contributed by atoms with Gasteiger partial charge in [-0.2, -0.15) is 0 Å². The summed E-state index contributed by atoms with van der Waals surface area (Å²) in [7, 11) is -3.65. The van der Waals surface area contributed by atoms with E-state index in [-0.39, 0.29) is 23.8 Å². The van der Waals surface area contributed by atoms with E-state index < -0.39 is 33.3 Å². The van der Waals surface area contributed by atoms with Crippen molar-refractivity contribution in [2.45, 2.75) is 38.0 Å². The number of ether oxygens (including phenoxy) is 1. The van der Waals surface area contributed by atoms with Gasteiger partial charge >= 0.3 is 11.9 Å². The molecular formula is C23H29N5O6S. The number of esters is 1. The van der Waals surface area contributed by atoms with Gasteiger partial charge in [0.15, 0.2) is 5.78 Å². The topological polar surface area (TPSA) is 147 Å². The van der Waals surface area contributed by atoms with Crippen molar-refractivity contribution in [3.8, 4) is 0 Å². The SMILES string of the molecule is CC(C)OC(=O)C(=O)NNc1ccc(NS(=O)(=O)C2CCN(CC(=O)c3ccccc3)CC2)cn1. The fraction of sp³-hybridized carbons (Fsp3) is 0.391. The number of pyridine rings is 1. The molecule has 35 heavy (non-hydrogen) atoms. The summed E-state index contributed by atoms with van der Waals surface area (Å²) in [5.41, 5.74) is 5.53. The molecule has 3 rings (SSSR count). The van der Waals surface area contributed by atoms with Crippen molar-refractivity contribution < 1.29 is 27.5 Å². The zero-order chi connectivity index (χ0) is 25.4. The molecule has 12 heteroatoms. The first-order valence-corrected chi connectivity index (χ1v) is 12.7. The maximum Gasteiger partial charge on any atom is 0.398 e. The highest BCUT2D eigenvalue weighted by atomic mass is 32.2. The summed E-state index contributed by atoms with van der Waals surface area (Å²) in [6.45, 7) is 4.51. The van der Waals surface area contributed by atoms with E-state index in [0.29, 0.717) is 31.5 Å². The van der Waals surface area contributed by atoms with Crippen LogP contribution in [0.1, 0.15) is 37.0 Å². The number of benzene rings is 1. The monoisotopic (exact) mass is 503 g/mol. The molecule has 0 aliphatic carbocycles. The molecule has 1 aromatic carbocycles. The highest BCUT2D eigenvalue weighted by Gasteiger charge is 2.30. The average molecular weight is 504 g/mol. The van der Waals surface area contributed by atoms with Crippen molar-refractivity contribution in [1.82, 2.24) is 15.3 Å². The number of aromatic nitrogens is 1. The van der Waals surface area contributed by atoms with Gasteiger partial charge in [-0.1, -0.05) is 30.3 Å². The van der Waals surface area contributed by atoms with Gasteiger partial charge in [0, 0.05) is 5.56 Å². The molecule has 1 aliphatic rings. The molecule has 2 aromatic rings. The molecule has 0 radical (unpaired) electrons. The van der Waals surface area contributed by atoms with Gasteiger partial charge in [-0.3, -0.25) is 30.1 Å². The number of hydrogen-bond acceptors (Lipinski definition) is 9. The molecule has 0 unspecified atom stereocenters. The Labute approximate surface area is 204 Å². The van der Waals surface area contributed by atoms with Gasteiger partial charge in [0.25, 0.3) is 0 Å². The number of carbonyl (C=O) groups excluding carboxylic acids is 3. The van der Waals surface area contributed by atoms with E-state index in [2.05, 4.69) is 20.6 Å². The van der Waals surface area contributed by atoms with Crippen LogP contribution in [-0.2, 0) is 24.3 Å². The Morgan fingerprint density at radius 1 is 1.09 bits per heavy atom. The molecule has 1 saturated heterocycles. The van der Waals surface area contributed by atoms with Crippen LogP contribution in [0.4, 0.5) is 11.5 Å². The number of Topliss-reactive ketones (excluding diaryl/α,β-unsaturated/α-hetero) is 1. The van der Waals surface area contributed by atoms with Crippen molar-refractivity contribution in [2.75, 3.05) is 29.8 Å². The standard InChI is InChI=1S/C23H29N5O6S/c1-16(2)34-23(31)22(30)26-25-21-9-8-18(14-24-21)27-35(32,33)19-10-12-28(13-11-19)15-20(29)17-6-4-3-5-7-17/h3-9,14,16,19,27H,10-13,15H2,1-2H3,(H,24,25)(H,26,30). The second-order valence-electron chi connectivity index (χ2n) is 8.38. The van der Waals surface area contributed by atoms with Gasteiger partial charge in [-0.15, -0.1) is 0 Å². The predicted molar refractivity (Wildman–Crippen MR) is 130 cm³/mol. The zero-order valence-electron chi connectivity index (χ0n) is 19.6. The molecule has 1 fully saturated rings. The second kappa shape index (κ2) is 11.8. The fourth-order valence-electron chi connectivity index (χ4n) is 3.51. The Morgan fingerprint density at radius 2 is 1.77 bits per heavy atom. The highest BCUT2D eigenvalue weighted by Crippen LogP contribution is 2.21. The van der Waals surface area contributed by atoms with Crippen molar-refractivity contribution in [1.29, 1.82) is 0 Å². The predicted octanol–water partition coefficient (Wildman–Crippen LogP) is 1.57. The quantitative estimate of drug-likeness (QED) is 0.201. The van der Waals surface area contributed by atoms with Crippen LogP contribution in [0.15, 0.2) is 48.7 Å². The zero-order valence-corrected chi connectivity index (χ0v) is 20.4. The Hall–Kier alpha value is -3.51. The lowest BCUT2D eigenvalue weighted by atomic mass is 10.1. The van der Waals surface area contributed by atoms with E-state index in [0.717, 1.165) is 0 Å². The molecule has 1 aliphatic heterocycles. The van der Waals surface area contributed by atoms with Crippen LogP contribution in [0.3, 0.4) is 0 Å². The molecule has 0 saturated carbocycles. The van der Waals surface area contributed by atoms with Gasteiger partial charge in [0.1, 0.15) is 5.82 Å². The van der Waals surface area contributed by atoms with Crippen molar-refractivity contribution in [2.24, 2.45) is 0 Å². The fourth-order valence-corrected chi connectivity index (χ4v) is 4.96. The Bertz CT molecular complexity index is 1130. The highest BCUT2D eigenvalue weighted by molar-refractivity contribution is 7.93. The number of likely N-dealkylation sites (tertiary alicyclic amines) is 1. The first-order chi connectivity index (χ1) is 16.6. The van der Waals surface area contributed by atoms with Gasteiger partial charge in [-0.05, 0) is 51.9 Å². The normalized spacial score (nSPS) is 14.8. The maximum atomic E-state index is 12.8. The number of piperidine rings is 1. The molecule has 0 atom stereocenters. The largest absolute Gasteiger partial charge is 0.456 e. The molecule has 1 amide bonds. The number of sulfonamides is 1. The number of rotatable bonds is 9. The molecule has 0 spiro atoms. The number of anilines is 2. The molecular weight excluding hydrogens is 474 g/mol. The van der Waals surface area contributed by atoms with Crippen LogP contribution in [0.25, 0.3) is 0 Å². The number of amides is 1. The van der Waals surface area contributed by atoms with E-state index in [1.807, 2.05) is 23.1 Å². The lowest BCUT2D eigenvalue weighted by molar-refractivity contribution is -0.157. The summed E-state index contributed by atoms with van der Waals surface area (Å²) in [5, 5.41) is -0.588. The van der Waals surface area contributed by atoms with Gasteiger partial charge < -0.3 is 4.74 Å². The van der Waals surface area contributed by atoms with Gasteiger partial charge in [0.2, 0.25) is 10.0 Å². The Morgan fingerprint density at radius 3 is 2.37 bits per heavy atom. The summed E-state index contributed by atoms with van der Waals surface area (Å²) >= 11 is 0. The molecule has 188 valence electrons. The van der Waals surface area contributed by atoms with Crippen LogP contribution < -0.4 is 15.6 Å². The van der Waals surface area contributed by atoms with Crippen molar-refractivity contribution >= 4 is 39.2 Å². The third-order valence-corrected chi connectivity index (χ3v) is 7.16. The smallest absolute Gasteiger partial charge is 0.398 e. The number of hydrogen-bond donors (Lipinski definition) is 3. The number of hydrazine groups is 1.